The number of carbonyl (C=O) groups excluding carboxylic acids is 4. The predicted molar refractivity (Wildman–Crippen MR) is 226 cm³/mol. The van der Waals surface area contributed by atoms with E-state index in [0.29, 0.717) is 35.1 Å². The number of ether oxygens (including phenoxy) is 4. The van der Waals surface area contributed by atoms with Gasteiger partial charge in [0, 0.05) is 0 Å². The van der Waals surface area contributed by atoms with Gasteiger partial charge in [0.25, 0.3) is 0 Å². The van der Waals surface area contributed by atoms with Crippen molar-refractivity contribution in [2.75, 3.05) is 28.4 Å². The predicted octanol–water partition coefficient (Wildman–Crippen LogP) is 6.88. The molecular weight excluding hydrogens is 745 g/mol. The molecule has 0 radical (unpaired) electrons. The summed E-state index contributed by atoms with van der Waals surface area (Å²) in [5.74, 6) is -1.77. The zero-order valence-electron chi connectivity index (χ0n) is 35.4. The number of carbonyl (C=O) groups is 4. The average molecular weight is 805 g/mol. The molecule has 0 amide bonds. The second-order valence-corrected chi connectivity index (χ2v) is 39.4. The molecule has 2 aromatic rings. The first-order valence-corrected chi connectivity index (χ1v) is 33.0. The van der Waals surface area contributed by atoms with E-state index in [9.17, 15) is 19.2 Å². The van der Waals surface area contributed by atoms with Gasteiger partial charge in [0.05, 0.1) is 83.0 Å². The number of fused-ring (bicyclic) bond motifs is 4. The number of methoxy groups -OCH3 is 4. The van der Waals surface area contributed by atoms with E-state index < -0.39 is 56.2 Å². The third-order valence-electron chi connectivity index (χ3n) is 11.5. The van der Waals surface area contributed by atoms with Crippen molar-refractivity contribution >= 4 is 66.5 Å². The molecule has 0 heterocycles. The second-order valence-electron chi connectivity index (χ2n) is 19.4. The quantitative estimate of drug-likeness (QED) is 0.138. The molecule has 2 atom stereocenters. The van der Waals surface area contributed by atoms with Gasteiger partial charge < -0.3 is 18.9 Å². The van der Waals surface area contributed by atoms with Crippen LogP contribution >= 0.6 is 0 Å². The maximum absolute atomic E-state index is 13.8. The van der Waals surface area contributed by atoms with Crippen LogP contribution in [-0.4, -0.2) is 84.6 Å². The molecule has 3 aliphatic carbocycles. The second kappa shape index (κ2) is 14.3. The molecular formula is C42H60O8Si4. The van der Waals surface area contributed by atoms with Gasteiger partial charge in [0.15, 0.2) is 0 Å². The van der Waals surface area contributed by atoms with Gasteiger partial charge in [-0.2, -0.15) is 0 Å². The topological polar surface area (TPSA) is 105 Å². The summed E-state index contributed by atoms with van der Waals surface area (Å²) in [7, 11) is -3.36. The van der Waals surface area contributed by atoms with E-state index in [1.807, 2.05) is 0 Å². The van der Waals surface area contributed by atoms with Crippen LogP contribution in [0.1, 0.15) is 54.1 Å². The monoisotopic (exact) mass is 804 g/mol. The first-order valence-electron chi connectivity index (χ1n) is 19.0. The van der Waals surface area contributed by atoms with Crippen LogP contribution in [0.3, 0.4) is 0 Å². The fraction of sp³-hybridized carbons (Fsp3) is 0.524. The summed E-state index contributed by atoms with van der Waals surface area (Å²) >= 11 is 0. The summed E-state index contributed by atoms with van der Waals surface area (Å²) in [4.78, 5) is 55.2. The normalized spacial score (nSPS) is 18.6. The fourth-order valence-corrected chi connectivity index (χ4v) is 18.9. The molecule has 0 aromatic heterocycles. The van der Waals surface area contributed by atoms with E-state index in [1.165, 1.54) is 61.8 Å². The molecule has 2 unspecified atom stereocenters. The summed E-state index contributed by atoms with van der Waals surface area (Å²) in [6, 6.07) is 4.76. The van der Waals surface area contributed by atoms with Gasteiger partial charge in [-0.15, -0.1) is 0 Å². The number of hydrogen-bond acceptors (Lipinski definition) is 8. The van der Waals surface area contributed by atoms with Gasteiger partial charge in [-0.1, -0.05) is 101 Å². The summed E-state index contributed by atoms with van der Waals surface area (Å²) in [5, 5.41) is 4.15. The SMILES string of the molecule is COC(=O)C1=C([Si](C)(C)C)C2Cc3cc4c(cc3CC2C([Si](C)(C)C)=C1C(=O)OC)Cc1c(c([Si](C)(C)C)c(C(=O)OC)c(C(=O)OC)c1[Si](C)(C)C)C4. The minimum absolute atomic E-state index is 0.0619. The Hall–Kier alpha value is -3.33. The summed E-state index contributed by atoms with van der Waals surface area (Å²) in [6.07, 6.45) is 2.84. The van der Waals surface area contributed by atoms with Gasteiger partial charge in [-0.25, -0.2) is 19.2 Å². The Balaban J connectivity index is 1.82. The number of hydrogen-bond donors (Lipinski definition) is 0. The smallest absolute Gasteiger partial charge is 0.338 e. The Morgan fingerprint density at radius 3 is 1.00 bits per heavy atom. The lowest BCUT2D eigenvalue weighted by molar-refractivity contribution is -0.139. The molecule has 0 spiro atoms. The maximum atomic E-state index is 13.8. The van der Waals surface area contributed by atoms with Crippen LogP contribution in [0.15, 0.2) is 33.7 Å². The summed E-state index contributed by atoms with van der Waals surface area (Å²) < 4.78 is 21.7. The van der Waals surface area contributed by atoms with Crippen molar-refractivity contribution in [1.29, 1.82) is 0 Å². The largest absolute Gasteiger partial charge is 0.465 e. The van der Waals surface area contributed by atoms with Crippen molar-refractivity contribution in [3.8, 4) is 0 Å². The average Bonchev–Trinajstić information content (AvgIpc) is 3.06. The summed E-state index contributed by atoms with van der Waals surface area (Å²) in [6.45, 7) is 26.9. The van der Waals surface area contributed by atoms with E-state index in [-0.39, 0.29) is 11.8 Å². The van der Waals surface area contributed by atoms with E-state index in [0.717, 1.165) is 33.6 Å². The van der Waals surface area contributed by atoms with Crippen LogP contribution < -0.4 is 10.4 Å². The lowest BCUT2D eigenvalue weighted by Gasteiger charge is -2.48. The minimum atomic E-state index is -2.26. The van der Waals surface area contributed by atoms with Crippen LogP contribution in [0.5, 0.6) is 0 Å². The molecule has 8 nitrogen and oxygen atoms in total. The Morgan fingerprint density at radius 2 is 0.759 bits per heavy atom. The Kier molecular flexibility index (Phi) is 11.1. The van der Waals surface area contributed by atoms with Crippen LogP contribution in [0.2, 0.25) is 78.6 Å². The molecule has 0 saturated carbocycles. The molecule has 292 valence electrons. The Labute approximate surface area is 326 Å². The number of rotatable bonds is 8. The molecule has 2 aromatic carbocycles. The van der Waals surface area contributed by atoms with Crippen LogP contribution in [0, 0.1) is 11.8 Å². The van der Waals surface area contributed by atoms with Crippen molar-refractivity contribution in [3.63, 3.8) is 0 Å². The van der Waals surface area contributed by atoms with Gasteiger partial charge >= 0.3 is 23.9 Å². The standard InChI is InChI=1S/C42H60O8Si4/c1-47-39(43)31-32(40(44)48-2)36(52(8,9)10)28-20-24-18-26-22-30-29(21-25(26)17-23(24)19-27(28)35(31)51(5,6)7)37(53(11,12)13)33(41(45)49-3)34(42(46)50-4)38(30)54(14,15)16/h17-18,27-28H,19-22H2,1-16H3. The Morgan fingerprint density at radius 1 is 0.463 bits per heavy atom. The molecule has 54 heavy (non-hydrogen) atoms. The highest BCUT2D eigenvalue weighted by atomic mass is 28.3. The first kappa shape index (κ1) is 41.8. The van der Waals surface area contributed by atoms with Crippen molar-refractivity contribution in [3.05, 3.63) is 78.2 Å². The van der Waals surface area contributed by atoms with Gasteiger partial charge in [-0.3, -0.25) is 0 Å². The van der Waals surface area contributed by atoms with Gasteiger partial charge in [0.1, 0.15) is 0 Å². The number of benzene rings is 2. The number of esters is 4. The molecule has 0 fully saturated rings. The van der Waals surface area contributed by atoms with Crippen molar-refractivity contribution in [1.82, 2.24) is 0 Å². The minimum Gasteiger partial charge on any atom is -0.465 e. The third kappa shape index (κ3) is 7.12. The fourth-order valence-electron chi connectivity index (χ4n) is 9.89. The van der Waals surface area contributed by atoms with Crippen molar-refractivity contribution in [2.45, 2.75) is 104 Å². The van der Waals surface area contributed by atoms with E-state index in [2.05, 4.69) is 90.7 Å². The highest BCUT2D eigenvalue weighted by molar-refractivity contribution is 6.92. The summed E-state index contributed by atoms with van der Waals surface area (Å²) in [5.41, 5.74) is 9.00. The molecule has 5 rings (SSSR count). The molecule has 0 N–H and O–H groups in total. The first-order chi connectivity index (χ1) is 24.8. The molecule has 0 saturated heterocycles. The van der Waals surface area contributed by atoms with Crippen molar-refractivity contribution in [2.24, 2.45) is 11.8 Å². The number of allylic oxidation sites excluding steroid dienone is 2. The molecule has 0 bridgehead atoms. The lowest BCUT2D eigenvalue weighted by Crippen LogP contribution is -2.54. The highest BCUT2D eigenvalue weighted by Crippen LogP contribution is 2.52. The zero-order chi connectivity index (χ0) is 40.6. The zero-order valence-corrected chi connectivity index (χ0v) is 39.4. The molecule has 3 aliphatic rings. The van der Waals surface area contributed by atoms with E-state index >= 15 is 0 Å². The van der Waals surface area contributed by atoms with Gasteiger partial charge in [0.2, 0.25) is 0 Å². The van der Waals surface area contributed by atoms with Crippen LogP contribution in [0.25, 0.3) is 0 Å². The lowest BCUT2D eigenvalue weighted by atomic mass is 9.69. The molecule has 12 heteroatoms. The van der Waals surface area contributed by atoms with Crippen LogP contribution in [0.4, 0.5) is 0 Å². The Bertz CT molecular complexity index is 1890. The highest BCUT2D eigenvalue weighted by Gasteiger charge is 2.50. The maximum Gasteiger partial charge on any atom is 0.338 e. The van der Waals surface area contributed by atoms with Crippen molar-refractivity contribution < 1.29 is 38.1 Å². The van der Waals surface area contributed by atoms with E-state index in [1.54, 1.807) is 0 Å². The molecule has 0 aliphatic heterocycles. The van der Waals surface area contributed by atoms with Gasteiger partial charge in [-0.05, 0) is 81.3 Å². The third-order valence-corrected chi connectivity index (χ3v) is 20.1. The van der Waals surface area contributed by atoms with Crippen LogP contribution in [-0.2, 0) is 54.2 Å². The van der Waals surface area contributed by atoms with E-state index in [4.69, 9.17) is 18.9 Å².